The van der Waals surface area contributed by atoms with Crippen LogP contribution in [0.15, 0.2) is 54.9 Å². The van der Waals surface area contributed by atoms with Crippen molar-refractivity contribution in [3.8, 4) is 17.0 Å². The number of nitrogens with two attached hydrogens (primary N) is 1. The van der Waals surface area contributed by atoms with Crippen LogP contribution in [0.3, 0.4) is 0 Å². The van der Waals surface area contributed by atoms with E-state index in [1.807, 2.05) is 31.2 Å². The molecule has 8 nitrogen and oxygen atoms in total. The third kappa shape index (κ3) is 3.29. The Labute approximate surface area is 184 Å². The number of nitrogen functional groups attached to an aromatic ring is 1. The fraction of sp³-hybridized carbons (Fsp3) is 0.250. The van der Waals surface area contributed by atoms with Crippen molar-refractivity contribution in [1.82, 2.24) is 19.6 Å². The number of aromatic nitrogens is 4. The molecular weight excluding hydrogens is 406 g/mol. The van der Waals surface area contributed by atoms with Crippen molar-refractivity contribution in [3.05, 3.63) is 71.8 Å². The van der Waals surface area contributed by atoms with Gasteiger partial charge < -0.3 is 15.6 Å². The molecule has 0 bridgehead atoms. The molecule has 8 heteroatoms. The second kappa shape index (κ2) is 7.42. The molecule has 2 aromatic carbocycles. The van der Waals surface area contributed by atoms with Gasteiger partial charge in [0, 0.05) is 22.6 Å². The maximum Gasteiger partial charge on any atom is 0.193 e. The minimum atomic E-state index is -0.702. The highest BCUT2D eigenvalue weighted by molar-refractivity contribution is 6.09. The monoisotopic (exact) mass is 429 g/mol. The van der Waals surface area contributed by atoms with Crippen molar-refractivity contribution in [1.29, 1.82) is 0 Å². The van der Waals surface area contributed by atoms with Crippen LogP contribution in [0.4, 0.5) is 5.82 Å². The third-order valence-corrected chi connectivity index (χ3v) is 5.98. The SMILES string of the molecule is COc1cc(C(=O)c2ccccc2)ccc1-c1nc(C2CC(C)(O)C2)n2ncnc(N)c12. The van der Waals surface area contributed by atoms with Gasteiger partial charge in [0.25, 0.3) is 0 Å². The van der Waals surface area contributed by atoms with Crippen LogP contribution in [-0.2, 0) is 0 Å². The average molecular weight is 429 g/mol. The van der Waals surface area contributed by atoms with Gasteiger partial charge in [-0.15, -0.1) is 0 Å². The zero-order chi connectivity index (χ0) is 22.5. The molecule has 32 heavy (non-hydrogen) atoms. The van der Waals surface area contributed by atoms with Crippen LogP contribution in [-0.4, -0.2) is 43.2 Å². The largest absolute Gasteiger partial charge is 0.496 e. The summed E-state index contributed by atoms with van der Waals surface area (Å²) in [6.45, 7) is 1.81. The molecule has 0 unspecified atom stereocenters. The van der Waals surface area contributed by atoms with Gasteiger partial charge in [0.2, 0.25) is 0 Å². The Kier molecular flexibility index (Phi) is 4.67. The molecule has 1 aliphatic rings. The summed E-state index contributed by atoms with van der Waals surface area (Å²) in [7, 11) is 1.55. The quantitative estimate of drug-likeness (QED) is 0.468. The molecular formula is C24H23N5O3. The Hall–Kier alpha value is -3.78. The first kappa shape index (κ1) is 20.1. The standard InChI is InChI=1S/C24H23N5O3/c1-24(31)11-16(12-24)23-28-19(20-22(25)26-13-27-29(20)23)17-9-8-15(10-18(17)32-2)21(30)14-6-4-3-5-7-14/h3-10,13,16,31H,11-12H2,1-2H3,(H2,25,26,27). The first-order valence-corrected chi connectivity index (χ1v) is 10.4. The molecule has 1 fully saturated rings. The summed E-state index contributed by atoms with van der Waals surface area (Å²) in [5.41, 5.74) is 8.48. The van der Waals surface area contributed by atoms with Gasteiger partial charge in [-0.1, -0.05) is 36.4 Å². The van der Waals surface area contributed by atoms with E-state index >= 15 is 0 Å². The molecule has 2 heterocycles. The van der Waals surface area contributed by atoms with Crippen molar-refractivity contribution in [2.24, 2.45) is 0 Å². The number of carbonyl (C=O) groups excluding carboxylic acids is 1. The van der Waals surface area contributed by atoms with E-state index in [-0.39, 0.29) is 11.7 Å². The number of ketones is 1. The van der Waals surface area contributed by atoms with Gasteiger partial charge in [-0.05, 0) is 31.9 Å². The predicted octanol–water partition coefficient (Wildman–Crippen LogP) is 3.24. The van der Waals surface area contributed by atoms with Crippen molar-refractivity contribution < 1.29 is 14.6 Å². The molecule has 0 radical (unpaired) electrons. The van der Waals surface area contributed by atoms with Crippen molar-refractivity contribution in [3.63, 3.8) is 0 Å². The molecule has 0 spiro atoms. The minimum Gasteiger partial charge on any atom is -0.496 e. The molecule has 1 saturated carbocycles. The van der Waals surface area contributed by atoms with Gasteiger partial charge in [-0.2, -0.15) is 5.10 Å². The van der Waals surface area contributed by atoms with Crippen molar-refractivity contribution >= 4 is 17.1 Å². The van der Waals surface area contributed by atoms with Crippen LogP contribution in [0.1, 0.15) is 47.4 Å². The number of benzene rings is 2. The van der Waals surface area contributed by atoms with Gasteiger partial charge in [-0.3, -0.25) is 4.79 Å². The molecule has 162 valence electrons. The number of nitrogens with zero attached hydrogens (tertiary/aromatic N) is 4. The third-order valence-electron chi connectivity index (χ3n) is 5.98. The van der Waals surface area contributed by atoms with Crippen molar-refractivity contribution in [2.45, 2.75) is 31.3 Å². The van der Waals surface area contributed by atoms with Crippen molar-refractivity contribution in [2.75, 3.05) is 12.8 Å². The number of fused-ring (bicyclic) bond motifs is 1. The molecule has 1 aliphatic carbocycles. The highest BCUT2D eigenvalue weighted by Gasteiger charge is 2.42. The molecule has 4 aromatic rings. The highest BCUT2D eigenvalue weighted by Crippen LogP contribution is 2.45. The van der Waals surface area contributed by atoms with E-state index in [1.165, 1.54) is 6.33 Å². The highest BCUT2D eigenvalue weighted by atomic mass is 16.5. The Morgan fingerprint density at radius 3 is 2.62 bits per heavy atom. The summed E-state index contributed by atoms with van der Waals surface area (Å²) in [4.78, 5) is 21.9. The number of methoxy groups -OCH3 is 1. The number of aliphatic hydroxyl groups is 1. The van der Waals surface area contributed by atoms with E-state index in [9.17, 15) is 9.90 Å². The van der Waals surface area contributed by atoms with E-state index in [2.05, 4.69) is 10.1 Å². The first-order chi connectivity index (χ1) is 15.4. The lowest BCUT2D eigenvalue weighted by Gasteiger charge is -2.39. The summed E-state index contributed by atoms with van der Waals surface area (Å²) in [6.07, 6.45) is 2.58. The average Bonchev–Trinajstić information content (AvgIpc) is 3.17. The van der Waals surface area contributed by atoms with Gasteiger partial charge in [0.15, 0.2) is 11.6 Å². The van der Waals surface area contributed by atoms with Crippen LogP contribution in [0.5, 0.6) is 5.75 Å². The Balaban J connectivity index is 1.62. The summed E-state index contributed by atoms with van der Waals surface area (Å²) >= 11 is 0. The van der Waals surface area contributed by atoms with E-state index in [4.69, 9.17) is 15.5 Å². The Morgan fingerprint density at radius 2 is 1.94 bits per heavy atom. The van der Waals surface area contributed by atoms with E-state index in [0.29, 0.717) is 52.3 Å². The zero-order valence-electron chi connectivity index (χ0n) is 17.8. The predicted molar refractivity (Wildman–Crippen MR) is 120 cm³/mol. The molecule has 0 aliphatic heterocycles. The number of anilines is 1. The maximum absolute atomic E-state index is 12.9. The van der Waals surface area contributed by atoms with Gasteiger partial charge in [-0.25, -0.2) is 14.5 Å². The molecule has 2 aromatic heterocycles. The summed E-state index contributed by atoms with van der Waals surface area (Å²) < 4.78 is 7.33. The second-order valence-electron chi connectivity index (χ2n) is 8.44. The lowest BCUT2D eigenvalue weighted by atomic mass is 9.72. The fourth-order valence-electron chi connectivity index (χ4n) is 4.40. The molecule has 0 saturated heterocycles. The van der Waals surface area contributed by atoms with Crippen LogP contribution in [0.2, 0.25) is 0 Å². The van der Waals surface area contributed by atoms with Gasteiger partial charge >= 0.3 is 0 Å². The van der Waals surface area contributed by atoms with E-state index in [1.54, 1.807) is 35.9 Å². The van der Waals surface area contributed by atoms with E-state index < -0.39 is 5.60 Å². The number of imidazole rings is 1. The number of carbonyl (C=O) groups is 1. The Morgan fingerprint density at radius 1 is 1.19 bits per heavy atom. The van der Waals surface area contributed by atoms with Crippen LogP contribution < -0.4 is 10.5 Å². The zero-order valence-corrected chi connectivity index (χ0v) is 17.8. The fourth-order valence-corrected chi connectivity index (χ4v) is 4.40. The summed E-state index contributed by atoms with van der Waals surface area (Å²) in [5.74, 6) is 1.49. The van der Waals surface area contributed by atoms with Gasteiger partial charge in [0.1, 0.15) is 29.1 Å². The normalized spacial score (nSPS) is 20.2. The topological polar surface area (TPSA) is 116 Å². The lowest BCUT2D eigenvalue weighted by molar-refractivity contribution is -0.0337. The second-order valence-corrected chi connectivity index (χ2v) is 8.44. The van der Waals surface area contributed by atoms with E-state index in [0.717, 1.165) is 5.82 Å². The maximum atomic E-state index is 12.9. The molecule has 0 atom stereocenters. The number of rotatable bonds is 5. The number of hydrogen-bond acceptors (Lipinski definition) is 7. The number of hydrogen-bond donors (Lipinski definition) is 2. The van der Waals surface area contributed by atoms with Crippen LogP contribution >= 0.6 is 0 Å². The molecule has 3 N–H and O–H groups in total. The Bertz CT molecular complexity index is 1320. The molecule has 0 amide bonds. The minimum absolute atomic E-state index is 0.0606. The van der Waals surface area contributed by atoms with Crippen LogP contribution in [0, 0.1) is 0 Å². The summed E-state index contributed by atoms with van der Waals surface area (Å²) in [6, 6.07) is 14.4. The van der Waals surface area contributed by atoms with Crippen LogP contribution in [0.25, 0.3) is 16.8 Å². The van der Waals surface area contributed by atoms with Gasteiger partial charge in [0.05, 0.1) is 12.7 Å². The summed E-state index contributed by atoms with van der Waals surface area (Å²) in [5, 5.41) is 14.6. The smallest absolute Gasteiger partial charge is 0.193 e. The molecule has 5 rings (SSSR count). The lowest BCUT2D eigenvalue weighted by Crippen LogP contribution is -2.40. The number of ether oxygens (including phenoxy) is 1. The first-order valence-electron chi connectivity index (χ1n) is 10.4.